The molecule has 4 nitrogen and oxygen atoms in total. The van der Waals surface area contributed by atoms with E-state index in [1.807, 2.05) is 13.8 Å². The van der Waals surface area contributed by atoms with Crippen molar-refractivity contribution in [1.82, 2.24) is 10.2 Å². The molecule has 0 saturated carbocycles. The van der Waals surface area contributed by atoms with Gasteiger partial charge in [-0.05, 0) is 44.7 Å². The van der Waals surface area contributed by atoms with Crippen LogP contribution in [0.1, 0.15) is 38.3 Å². The standard InChI is InChI=1S/C17H26N2O2/c1-13(2)18-17(3,16(20)21)9-11-19-10-8-14-6-4-5-7-15(14)12-19/h4-7,13,18H,8-12H2,1-3H3,(H,20,21). The minimum absolute atomic E-state index is 0.160. The van der Waals surface area contributed by atoms with Gasteiger partial charge in [-0.2, -0.15) is 0 Å². The molecule has 2 N–H and O–H groups in total. The zero-order valence-electron chi connectivity index (χ0n) is 13.2. The normalized spacial score (nSPS) is 18.3. The Morgan fingerprint density at radius 1 is 1.38 bits per heavy atom. The Bertz CT molecular complexity index is 501. The number of fused-ring (bicyclic) bond motifs is 1. The summed E-state index contributed by atoms with van der Waals surface area (Å²) in [5, 5.41) is 12.7. The van der Waals surface area contributed by atoms with Gasteiger partial charge in [-0.15, -0.1) is 0 Å². The number of carboxylic acid groups (broad SMARTS) is 1. The third-order valence-electron chi connectivity index (χ3n) is 4.22. The molecule has 0 aliphatic carbocycles. The Labute approximate surface area is 127 Å². The first-order valence-corrected chi connectivity index (χ1v) is 7.71. The van der Waals surface area contributed by atoms with Crippen molar-refractivity contribution in [3.63, 3.8) is 0 Å². The fraction of sp³-hybridized carbons (Fsp3) is 0.588. The van der Waals surface area contributed by atoms with Crippen molar-refractivity contribution in [3.05, 3.63) is 35.4 Å². The number of carbonyl (C=O) groups is 1. The minimum Gasteiger partial charge on any atom is -0.480 e. The van der Waals surface area contributed by atoms with Gasteiger partial charge in [-0.25, -0.2) is 0 Å². The van der Waals surface area contributed by atoms with Gasteiger partial charge in [0.15, 0.2) is 0 Å². The molecule has 0 bridgehead atoms. The molecule has 1 aromatic carbocycles. The summed E-state index contributed by atoms with van der Waals surface area (Å²) in [4.78, 5) is 13.9. The van der Waals surface area contributed by atoms with E-state index in [0.717, 1.165) is 26.1 Å². The number of benzene rings is 1. The number of rotatable bonds is 6. The van der Waals surface area contributed by atoms with Gasteiger partial charge in [0, 0.05) is 25.7 Å². The first-order valence-electron chi connectivity index (χ1n) is 7.71. The van der Waals surface area contributed by atoms with Gasteiger partial charge in [-0.1, -0.05) is 24.3 Å². The number of carboxylic acids is 1. The molecule has 1 aliphatic heterocycles. The maximum Gasteiger partial charge on any atom is 0.323 e. The van der Waals surface area contributed by atoms with E-state index in [1.165, 1.54) is 11.1 Å². The van der Waals surface area contributed by atoms with Gasteiger partial charge in [-0.3, -0.25) is 15.0 Å². The first-order chi connectivity index (χ1) is 9.90. The molecule has 0 spiro atoms. The van der Waals surface area contributed by atoms with Crippen LogP contribution in [0.4, 0.5) is 0 Å². The lowest BCUT2D eigenvalue weighted by molar-refractivity contribution is -0.145. The van der Waals surface area contributed by atoms with Crippen LogP contribution in [0.2, 0.25) is 0 Å². The van der Waals surface area contributed by atoms with E-state index in [4.69, 9.17) is 0 Å². The topological polar surface area (TPSA) is 52.6 Å². The summed E-state index contributed by atoms with van der Waals surface area (Å²) in [6.07, 6.45) is 1.67. The largest absolute Gasteiger partial charge is 0.480 e. The molecular formula is C17H26N2O2. The fourth-order valence-electron chi connectivity index (χ4n) is 3.00. The number of hydrogen-bond acceptors (Lipinski definition) is 3. The van der Waals surface area contributed by atoms with Crippen LogP contribution in [0, 0.1) is 0 Å². The number of aliphatic carboxylic acids is 1. The van der Waals surface area contributed by atoms with Crippen LogP contribution in [0.25, 0.3) is 0 Å². The molecule has 1 aliphatic rings. The Morgan fingerprint density at radius 3 is 2.67 bits per heavy atom. The summed E-state index contributed by atoms with van der Waals surface area (Å²) in [6.45, 7) is 8.49. The van der Waals surface area contributed by atoms with Gasteiger partial charge in [0.1, 0.15) is 5.54 Å². The van der Waals surface area contributed by atoms with Gasteiger partial charge in [0.2, 0.25) is 0 Å². The van der Waals surface area contributed by atoms with Crippen LogP contribution in [-0.4, -0.2) is 40.6 Å². The Morgan fingerprint density at radius 2 is 2.05 bits per heavy atom. The van der Waals surface area contributed by atoms with E-state index in [9.17, 15) is 9.90 Å². The van der Waals surface area contributed by atoms with Crippen molar-refractivity contribution >= 4 is 5.97 Å². The van der Waals surface area contributed by atoms with Crippen molar-refractivity contribution in [1.29, 1.82) is 0 Å². The molecule has 0 saturated heterocycles. The number of nitrogens with one attached hydrogen (secondary N) is 1. The summed E-state index contributed by atoms with van der Waals surface area (Å²) in [6, 6.07) is 8.68. The quantitative estimate of drug-likeness (QED) is 0.844. The maximum absolute atomic E-state index is 11.5. The maximum atomic E-state index is 11.5. The molecular weight excluding hydrogens is 264 g/mol. The Kier molecular flexibility index (Phi) is 5.01. The van der Waals surface area contributed by atoms with E-state index in [-0.39, 0.29) is 6.04 Å². The second-order valence-electron chi connectivity index (χ2n) is 6.48. The molecule has 21 heavy (non-hydrogen) atoms. The van der Waals surface area contributed by atoms with Crippen molar-refractivity contribution in [2.45, 2.75) is 51.7 Å². The zero-order valence-corrected chi connectivity index (χ0v) is 13.2. The van der Waals surface area contributed by atoms with E-state index >= 15 is 0 Å². The predicted molar refractivity (Wildman–Crippen MR) is 84.4 cm³/mol. The number of hydrogen-bond donors (Lipinski definition) is 2. The lowest BCUT2D eigenvalue weighted by atomic mass is 9.95. The van der Waals surface area contributed by atoms with E-state index in [1.54, 1.807) is 6.92 Å². The van der Waals surface area contributed by atoms with Gasteiger partial charge >= 0.3 is 5.97 Å². The molecule has 1 aromatic rings. The summed E-state index contributed by atoms with van der Waals surface area (Å²) in [5.41, 5.74) is 1.94. The molecule has 0 amide bonds. The van der Waals surface area contributed by atoms with E-state index in [0.29, 0.717) is 6.42 Å². The summed E-state index contributed by atoms with van der Waals surface area (Å²) in [5.74, 6) is -0.770. The van der Waals surface area contributed by atoms with Crippen molar-refractivity contribution < 1.29 is 9.90 Å². The minimum atomic E-state index is -0.856. The van der Waals surface area contributed by atoms with Crippen molar-refractivity contribution in [2.24, 2.45) is 0 Å². The molecule has 1 heterocycles. The average molecular weight is 290 g/mol. The molecule has 0 fully saturated rings. The lowest BCUT2D eigenvalue weighted by Gasteiger charge is -2.33. The second-order valence-corrected chi connectivity index (χ2v) is 6.48. The highest BCUT2D eigenvalue weighted by atomic mass is 16.4. The van der Waals surface area contributed by atoms with E-state index < -0.39 is 11.5 Å². The van der Waals surface area contributed by atoms with Gasteiger partial charge < -0.3 is 5.11 Å². The van der Waals surface area contributed by atoms with Crippen molar-refractivity contribution in [2.75, 3.05) is 13.1 Å². The Hall–Kier alpha value is -1.39. The van der Waals surface area contributed by atoms with Crippen LogP contribution in [0.3, 0.4) is 0 Å². The third-order valence-corrected chi connectivity index (χ3v) is 4.22. The molecule has 1 unspecified atom stereocenters. The lowest BCUT2D eigenvalue weighted by Crippen LogP contribution is -2.54. The van der Waals surface area contributed by atoms with Gasteiger partial charge in [0.05, 0.1) is 0 Å². The molecule has 4 heteroatoms. The molecule has 0 radical (unpaired) electrons. The van der Waals surface area contributed by atoms with E-state index in [2.05, 4.69) is 34.5 Å². The van der Waals surface area contributed by atoms with Crippen LogP contribution < -0.4 is 5.32 Å². The fourth-order valence-corrected chi connectivity index (χ4v) is 3.00. The zero-order chi connectivity index (χ0) is 15.5. The Balaban J connectivity index is 1.95. The number of nitrogens with zero attached hydrogens (tertiary/aromatic N) is 1. The summed E-state index contributed by atoms with van der Waals surface area (Å²) < 4.78 is 0. The smallest absolute Gasteiger partial charge is 0.323 e. The monoisotopic (exact) mass is 290 g/mol. The highest BCUT2D eigenvalue weighted by Gasteiger charge is 2.33. The average Bonchev–Trinajstić information content (AvgIpc) is 2.44. The van der Waals surface area contributed by atoms with Gasteiger partial charge in [0.25, 0.3) is 0 Å². The van der Waals surface area contributed by atoms with Crippen LogP contribution >= 0.6 is 0 Å². The predicted octanol–water partition coefficient (Wildman–Crippen LogP) is 2.28. The summed E-state index contributed by atoms with van der Waals surface area (Å²) >= 11 is 0. The molecule has 0 aromatic heterocycles. The second kappa shape index (κ2) is 6.58. The van der Waals surface area contributed by atoms with Crippen LogP contribution in [-0.2, 0) is 17.8 Å². The third kappa shape index (κ3) is 4.05. The van der Waals surface area contributed by atoms with Crippen LogP contribution in [0.5, 0.6) is 0 Å². The first kappa shape index (κ1) is 16.0. The summed E-state index contributed by atoms with van der Waals surface area (Å²) in [7, 11) is 0. The highest BCUT2D eigenvalue weighted by molar-refractivity contribution is 5.78. The van der Waals surface area contributed by atoms with Crippen LogP contribution in [0.15, 0.2) is 24.3 Å². The molecule has 1 atom stereocenters. The molecule has 2 rings (SSSR count). The molecule has 116 valence electrons. The van der Waals surface area contributed by atoms with Crippen molar-refractivity contribution in [3.8, 4) is 0 Å². The highest BCUT2D eigenvalue weighted by Crippen LogP contribution is 2.20. The SMILES string of the molecule is CC(C)NC(C)(CCN1CCc2ccccc2C1)C(=O)O.